The molecule has 2 saturated carbocycles. The Bertz CT molecular complexity index is 421. The maximum absolute atomic E-state index is 12.0. The SMILES string of the molecule is NC1(C(=O)NC(c2ccccc2)C2CC2)CC1. The van der Waals surface area contributed by atoms with Crippen molar-refractivity contribution >= 4 is 5.91 Å². The normalized spacial score (nSPS) is 22.9. The zero-order chi connectivity index (χ0) is 11.9. The summed E-state index contributed by atoms with van der Waals surface area (Å²) in [5.74, 6) is 0.627. The number of hydrogen-bond donors (Lipinski definition) is 2. The van der Waals surface area contributed by atoms with Crippen LogP contribution in [0, 0.1) is 5.92 Å². The van der Waals surface area contributed by atoms with Crippen molar-refractivity contribution in [3.05, 3.63) is 35.9 Å². The molecule has 17 heavy (non-hydrogen) atoms. The summed E-state index contributed by atoms with van der Waals surface area (Å²) < 4.78 is 0. The van der Waals surface area contributed by atoms with Crippen molar-refractivity contribution in [2.24, 2.45) is 11.7 Å². The van der Waals surface area contributed by atoms with Gasteiger partial charge in [-0.3, -0.25) is 4.79 Å². The predicted molar refractivity (Wildman–Crippen MR) is 66.2 cm³/mol. The zero-order valence-electron chi connectivity index (χ0n) is 9.86. The third-order valence-corrected chi connectivity index (χ3v) is 3.78. The summed E-state index contributed by atoms with van der Waals surface area (Å²) in [6.07, 6.45) is 4.06. The predicted octanol–water partition coefficient (Wildman–Crippen LogP) is 1.75. The minimum Gasteiger partial charge on any atom is -0.347 e. The number of rotatable bonds is 4. The summed E-state index contributed by atoms with van der Waals surface area (Å²) in [6.45, 7) is 0. The van der Waals surface area contributed by atoms with Gasteiger partial charge in [-0.25, -0.2) is 0 Å². The van der Waals surface area contributed by atoms with E-state index < -0.39 is 5.54 Å². The molecule has 0 radical (unpaired) electrons. The molecular weight excluding hydrogens is 212 g/mol. The van der Waals surface area contributed by atoms with E-state index in [1.165, 1.54) is 18.4 Å². The maximum Gasteiger partial charge on any atom is 0.240 e. The Morgan fingerprint density at radius 2 is 1.94 bits per heavy atom. The van der Waals surface area contributed by atoms with Gasteiger partial charge in [0.05, 0.1) is 11.6 Å². The fraction of sp³-hybridized carbons (Fsp3) is 0.500. The van der Waals surface area contributed by atoms with Crippen LogP contribution in [0.2, 0.25) is 0 Å². The van der Waals surface area contributed by atoms with E-state index in [2.05, 4.69) is 17.4 Å². The summed E-state index contributed by atoms with van der Waals surface area (Å²) in [4.78, 5) is 12.0. The van der Waals surface area contributed by atoms with Crippen LogP contribution in [0.4, 0.5) is 0 Å². The Kier molecular flexibility index (Phi) is 2.44. The Morgan fingerprint density at radius 3 is 2.47 bits per heavy atom. The van der Waals surface area contributed by atoms with Gasteiger partial charge in [-0.1, -0.05) is 30.3 Å². The second-order valence-corrected chi connectivity index (χ2v) is 5.36. The quantitative estimate of drug-likeness (QED) is 0.828. The first-order chi connectivity index (χ1) is 8.19. The molecule has 0 heterocycles. The number of nitrogens with one attached hydrogen (secondary N) is 1. The third-order valence-electron chi connectivity index (χ3n) is 3.78. The Morgan fingerprint density at radius 1 is 1.29 bits per heavy atom. The molecule has 90 valence electrons. The highest BCUT2D eigenvalue weighted by molar-refractivity contribution is 5.89. The fourth-order valence-corrected chi connectivity index (χ4v) is 2.21. The summed E-state index contributed by atoms with van der Waals surface area (Å²) in [6, 6.07) is 10.4. The monoisotopic (exact) mass is 230 g/mol. The number of hydrogen-bond acceptors (Lipinski definition) is 2. The molecule has 3 heteroatoms. The lowest BCUT2D eigenvalue weighted by molar-refractivity contribution is -0.124. The van der Waals surface area contributed by atoms with Crippen LogP contribution in [0.5, 0.6) is 0 Å². The molecule has 3 N–H and O–H groups in total. The van der Waals surface area contributed by atoms with Crippen LogP contribution in [0.15, 0.2) is 30.3 Å². The molecule has 0 saturated heterocycles. The van der Waals surface area contributed by atoms with Gasteiger partial charge in [0.2, 0.25) is 5.91 Å². The molecule has 1 unspecified atom stereocenters. The molecule has 0 aromatic heterocycles. The van der Waals surface area contributed by atoms with Crippen LogP contribution in [-0.2, 0) is 4.79 Å². The molecule has 0 bridgehead atoms. The van der Waals surface area contributed by atoms with Gasteiger partial charge in [-0.2, -0.15) is 0 Å². The van der Waals surface area contributed by atoms with Crippen molar-refractivity contribution < 1.29 is 4.79 Å². The van der Waals surface area contributed by atoms with Crippen LogP contribution >= 0.6 is 0 Å². The third kappa shape index (κ3) is 2.20. The van der Waals surface area contributed by atoms with E-state index in [9.17, 15) is 4.79 Å². The summed E-state index contributed by atoms with van der Waals surface area (Å²) in [7, 11) is 0. The minimum absolute atomic E-state index is 0.0262. The molecule has 3 rings (SSSR count). The second-order valence-electron chi connectivity index (χ2n) is 5.36. The molecule has 1 aromatic carbocycles. The molecule has 2 fully saturated rings. The van der Waals surface area contributed by atoms with Crippen molar-refractivity contribution in [2.45, 2.75) is 37.3 Å². The molecule has 1 atom stereocenters. The lowest BCUT2D eigenvalue weighted by Gasteiger charge is -2.21. The van der Waals surface area contributed by atoms with E-state index in [0.29, 0.717) is 5.92 Å². The maximum atomic E-state index is 12.0. The van der Waals surface area contributed by atoms with Crippen LogP contribution in [0.25, 0.3) is 0 Å². The Balaban J connectivity index is 1.75. The summed E-state index contributed by atoms with van der Waals surface area (Å²) >= 11 is 0. The highest BCUT2D eigenvalue weighted by Crippen LogP contribution is 2.42. The zero-order valence-corrected chi connectivity index (χ0v) is 9.86. The van der Waals surface area contributed by atoms with Gasteiger partial charge in [0.1, 0.15) is 0 Å². The van der Waals surface area contributed by atoms with Crippen molar-refractivity contribution in [1.29, 1.82) is 0 Å². The van der Waals surface area contributed by atoms with E-state index in [4.69, 9.17) is 5.73 Å². The fourth-order valence-electron chi connectivity index (χ4n) is 2.21. The number of carbonyl (C=O) groups excluding carboxylic acids is 1. The highest BCUT2D eigenvalue weighted by atomic mass is 16.2. The summed E-state index contributed by atoms with van der Waals surface area (Å²) in [5.41, 5.74) is 6.56. The highest BCUT2D eigenvalue weighted by Gasteiger charge is 2.47. The first kappa shape index (κ1) is 10.8. The van der Waals surface area contributed by atoms with Crippen LogP contribution in [0.1, 0.15) is 37.3 Å². The summed E-state index contributed by atoms with van der Waals surface area (Å²) in [5, 5.41) is 3.13. The first-order valence-electron chi connectivity index (χ1n) is 6.34. The van der Waals surface area contributed by atoms with E-state index in [1.807, 2.05) is 18.2 Å². The average Bonchev–Trinajstić information content (AvgIpc) is 3.23. The number of carbonyl (C=O) groups is 1. The number of nitrogens with two attached hydrogens (primary N) is 1. The Labute approximate surface area is 101 Å². The van der Waals surface area contributed by atoms with Crippen molar-refractivity contribution in [3.63, 3.8) is 0 Å². The molecular formula is C14H18N2O. The van der Waals surface area contributed by atoms with Gasteiger partial charge in [0.25, 0.3) is 0 Å². The van der Waals surface area contributed by atoms with Gasteiger partial charge in [-0.15, -0.1) is 0 Å². The van der Waals surface area contributed by atoms with E-state index >= 15 is 0 Å². The van der Waals surface area contributed by atoms with Gasteiger partial charge >= 0.3 is 0 Å². The average molecular weight is 230 g/mol. The van der Waals surface area contributed by atoms with Gasteiger partial charge in [-0.05, 0) is 37.2 Å². The van der Waals surface area contributed by atoms with Crippen molar-refractivity contribution in [2.75, 3.05) is 0 Å². The standard InChI is InChI=1S/C14H18N2O/c15-14(8-9-14)13(17)16-12(11-6-7-11)10-4-2-1-3-5-10/h1-5,11-12H,6-9,15H2,(H,16,17). The van der Waals surface area contributed by atoms with Crippen molar-refractivity contribution in [1.82, 2.24) is 5.32 Å². The topological polar surface area (TPSA) is 55.1 Å². The molecule has 1 amide bonds. The molecule has 2 aliphatic carbocycles. The van der Waals surface area contributed by atoms with Gasteiger partial charge in [0, 0.05) is 0 Å². The first-order valence-corrected chi connectivity index (χ1v) is 6.34. The molecule has 0 aliphatic heterocycles. The van der Waals surface area contributed by atoms with Gasteiger partial charge in [0.15, 0.2) is 0 Å². The smallest absolute Gasteiger partial charge is 0.240 e. The van der Waals surface area contributed by atoms with E-state index in [0.717, 1.165) is 12.8 Å². The van der Waals surface area contributed by atoms with E-state index in [-0.39, 0.29) is 11.9 Å². The minimum atomic E-state index is -0.568. The Hall–Kier alpha value is -1.35. The lowest BCUT2D eigenvalue weighted by Crippen LogP contribution is -2.44. The van der Waals surface area contributed by atoms with Crippen molar-refractivity contribution in [3.8, 4) is 0 Å². The molecule has 3 nitrogen and oxygen atoms in total. The van der Waals surface area contributed by atoms with Crippen LogP contribution in [-0.4, -0.2) is 11.4 Å². The molecule has 0 spiro atoms. The largest absolute Gasteiger partial charge is 0.347 e. The van der Waals surface area contributed by atoms with Crippen LogP contribution < -0.4 is 11.1 Å². The van der Waals surface area contributed by atoms with E-state index in [1.54, 1.807) is 0 Å². The second kappa shape index (κ2) is 3.84. The number of benzene rings is 1. The van der Waals surface area contributed by atoms with Crippen LogP contribution in [0.3, 0.4) is 0 Å². The lowest BCUT2D eigenvalue weighted by atomic mass is 10.0. The van der Waals surface area contributed by atoms with Gasteiger partial charge < -0.3 is 11.1 Å². The number of amides is 1. The molecule has 1 aromatic rings. The molecule has 2 aliphatic rings.